The Morgan fingerprint density at radius 2 is 1.87 bits per heavy atom. The molecule has 78 valence electrons. The average molecular weight is 224 g/mol. The molecule has 1 aromatic heterocycles. The van der Waals surface area contributed by atoms with Gasteiger partial charge in [-0.05, 0) is 17.5 Å². The van der Waals surface area contributed by atoms with E-state index in [0.717, 1.165) is 0 Å². The minimum absolute atomic E-state index is 0.0716. The van der Waals surface area contributed by atoms with Crippen LogP contribution in [-0.2, 0) is 10.0 Å². The van der Waals surface area contributed by atoms with Crippen molar-refractivity contribution >= 4 is 20.9 Å². The first-order valence-corrected chi connectivity index (χ1v) is 5.68. The quantitative estimate of drug-likeness (QED) is 0.723. The zero-order chi connectivity index (χ0) is 11.1. The summed E-state index contributed by atoms with van der Waals surface area (Å²) in [5.74, 6) is 0. The van der Waals surface area contributed by atoms with E-state index >= 15 is 0 Å². The van der Waals surface area contributed by atoms with Gasteiger partial charge in [0.1, 0.15) is 4.90 Å². The van der Waals surface area contributed by atoms with Crippen LogP contribution in [0.2, 0.25) is 0 Å². The Hall–Kier alpha value is -1.66. The lowest BCUT2D eigenvalue weighted by atomic mass is 10.2. The zero-order valence-electron chi connectivity index (χ0n) is 7.60. The molecule has 0 saturated carbocycles. The summed E-state index contributed by atoms with van der Waals surface area (Å²) in [5, 5.41) is 5.65. The van der Waals surface area contributed by atoms with Crippen molar-refractivity contribution in [1.82, 2.24) is 4.98 Å². The number of benzene rings is 1. The van der Waals surface area contributed by atoms with Gasteiger partial charge in [-0.1, -0.05) is 12.1 Å². The molecular formula is C9H8N2O3S. The van der Waals surface area contributed by atoms with Crippen molar-refractivity contribution in [2.75, 3.05) is 0 Å². The largest absolute Gasteiger partial charge is 0.321 e. The fourth-order valence-electron chi connectivity index (χ4n) is 1.39. The zero-order valence-corrected chi connectivity index (χ0v) is 8.41. The number of aromatic amines is 1. The molecule has 0 saturated heterocycles. The topological polar surface area (TPSA) is 93.0 Å². The lowest BCUT2D eigenvalue weighted by molar-refractivity contribution is 0.598. The highest BCUT2D eigenvalue weighted by atomic mass is 32.2. The van der Waals surface area contributed by atoms with Crippen LogP contribution in [0.15, 0.2) is 40.0 Å². The molecule has 0 atom stereocenters. The predicted octanol–water partition coefficient (Wildman–Crippen LogP) is 0.175. The fraction of sp³-hybridized carbons (Fsp3) is 0. The number of pyridine rings is 1. The van der Waals surface area contributed by atoms with E-state index in [-0.39, 0.29) is 16.0 Å². The van der Waals surface area contributed by atoms with Gasteiger partial charge in [0.15, 0.2) is 0 Å². The monoisotopic (exact) mass is 224 g/mol. The Balaban J connectivity index is 2.99. The molecule has 0 spiro atoms. The van der Waals surface area contributed by atoms with Crippen LogP contribution in [0.3, 0.4) is 0 Å². The molecule has 1 heterocycles. The van der Waals surface area contributed by atoms with Gasteiger partial charge in [-0.2, -0.15) is 0 Å². The molecule has 2 rings (SSSR count). The summed E-state index contributed by atoms with van der Waals surface area (Å²) in [6.45, 7) is 0. The van der Waals surface area contributed by atoms with Crippen LogP contribution in [0.1, 0.15) is 0 Å². The summed E-state index contributed by atoms with van der Waals surface area (Å²) >= 11 is 0. The van der Waals surface area contributed by atoms with E-state index in [2.05, 4.69) is 4.98 Å². The Kier molecular flexibility index (Phi) is 2.09. The summed E-state index contributed by atoms with van der Waals surface area (Å²) < 4.78 is 22.4. The number of rotatable bonds is 1. The molecular weight excluding hydrogens is 216 g/mol. The lowest BCUT2D eigenvalue weighted by Crippen LogP contribution is -2.14. The van der Waals surface area contributed by atoms with E-state index in [1.807, 2.05) is 0 Å². The molecule has 0 fully saturated rings. The van der Waals surface area contributed by atoms with Crippen LogP contribution in [0.4, 0.5) is 0 Å². The van der Waals surface area contributed by atoms with Crippen molar-refractivity contribution in [3.8, 4) is 0 Å². The lowest BCUT2D eigenvalue weighted by Gasteiger charge is -2.02. The number of sulfonamides is 1. The third-order valence-corrected chi connectivity index (χ3v) is 2.98. The van der Waals surface area contributed by atoms with Crippen LogP contribution < -0.4 is 10.7 Å². The van der Waals surface area contributed by atoms with Gasteiger partial charge in [-0.25, -0.2) is 13.6 Å². The third-order valence-electron chi connectivity index (χ3n) is 2.03. The summed E-state index contributed by atoms with van der Waals surface area (Å²) in [7, 11) is -3.82. The highest BCUT2D eigenvalue weighted by molar-refractivity contribution is 7.89. The Morgan fingerprint density at radius 1 is 1.13 bits per heavy atom. The number of para-hydroxylation sites is 1. The molecule has 15 heavy (non-hydrogen) atoms. The summed E-state index contributed by atoms with van der Waals surface area (Å²) in [6.07, 6.45) is 0. The van der Waals surface area contributed by atoms with E-state index in [1.54, 1.807) is 18.2 Å². The van der Waals surface area contributed by atoms with Crippen LogP contribution in [0, 0.1) is 0 Å². The van der Waals surface area contributed by atoms with Gasteiger partial charge in [-0.15, -0.1) is 0 Å². The van der Waals surface area contributed by atoms with Crippen molar-refractivity contribution in [2.24, 2.45) is 5.14 Å². The molecule has 0 aliphatic heterocycles. The number of primary sulfonamides is 1. The first-order valence-electron chi connectivity index (χ1n) is 4.13. The number of H-pyrrole nitrogens is 1. The summed E-state index contributed by atoms with van der Waals surface area (Å²) in [4.78, 5) is 13.4. The molecule has 0 amide bonds. The molecule has 0 aliphatic carbocycles. The second-order valence-electron chi connectivity index (χ2n) is 3.09. The van der Waals surface area contributed by atoms with E-state index in [4.69, 9.17) is 5.14 Å². The van der Waals surface area contributed by atoms with Crippen molar-refractivity contribution in [1.29, 1.82) is 0 Å². The van der Waals surface area contributed by atoms with Gasteiger partial charge in [0.25, 0.3) is 0 Å². The maximum absolute atomic E-state index is 11.2. The molecule has 6 heteroatoms. The summed E-state index contributed by atoms with van der Waals surface area (Å²) in [6, 6.07) is 7.49. The predicted molar refractivity (Wildman–Crippen MR) is 55.9 cm³/mol. The first-order chi connectivity index (χ1) is 6.98. The SMILES string of the molecule is NS(=O)(=O)c1cccc2ccc(=O)[nH]c12. The average Bonchev–Trinajstić information content (AvgIpc) is 2.15. The molecule has 0 aliphatic rings. The van der Waals surface area contributed by atoms with E-state index < -0.39 is 10.0 Å². The Labute approximate surface area is 85.6 Å². The van der Waals surface area contributed by atoms with E-state index in [1.165, 1.54) is 12.1 Å². The number of hydrogen-bond donors (Lipinski definition) is 2. The highest BCUT2D eigenvalue weighted by Gasteiger charge is 2.12. The van der Waals surface area contributed by atoms with Crippen molar-refractivity contribution in [3.05, 3.63) is 40.7 Å². The second-order valence-corrected chi connectivity index (χ2v) is 4.62. The van der Waals surface area contributed by atoms with Crippen LogP contribution >= 0.6 is 0 Å². The molecule has 0 radical (unpaired) electrons. The van der Waals surface area contributed by atoms with Crippen LogP contribution in [0.5, 0.6) is 0 Å². The van der Waals surface area contributed by atoms with E-state index in [9.17, 15) is 13.2 Å². The second kappa shape index (κ2) is 3.18. The minimum atomic E-state index is -3.82. The standard InChI is InChI=1S/C9H8N2O3S/c10-15(13,14)7-3-1-2-6-4-5-8(12)11-9(6)7/h1-5H,(H,11,12)(H2,10,13,14). The van der Waals surface area contributed by atoms with Gasteiger partial charge in [0, 0.05) is 6.07 Å². The van der Waals surface area contributed by atoms with Gasteiger partial charge in [-0.3, -0.25) is 4.79 Å². The van der Waals surface area contributed by atoms with Crippen molar-refractivity contribution in [2.45, 2.75) is 4.90 Å². The molecule has 1 aromatic carbocycles. The minimum Gasteiger partial charge on any atom is -0.321 e. The van der Waals surface area contributed by atoms with Gasteiger partial charge < -0.3 is 4.98 Å². The molecule has 5 nitrogen and oxygen atoms in total. The van der Waals surface area contributed by atoms with Gasteiger partial charge in [0.05, 0.1) is 5.52 Å². The number of aromatic nitrogens is 1. The third kappa shape index (κ3) is 1.77. The van der Waals surface area contributed by atoms with Gasteiger partial charge >= 0.3 is 0 Å². The maximum Gasteiger partial charge on any atom is 0.248 e. The fourth-order valence-corrected chi connectivity index (χ4v) is 2.11. The number of hydrogen-bond acceptors (Lipinski definition) is 3. The van der Waals surface area contributed by atoms with Crippen molar-refractivity contribution in [3.63, 3.8) is 0 Å². The van der Waals surface area contributed by atoms with Crippen molar-refractivity contribution < 1.29 is 8.42 Å². The van der Waals surface area contributed by atoms with Crippen LogP contribution in [0.25, 0.3) is 10.9 Å². The number of nitrogens with two attached hydrogens (primary N) is 1. The van der Waals surface area contributed by atoms with E-state index in [0.29, 0.717) is 5.39 Å². The highest BCUT2D eigenvalue weighted by Crippen LogP contribution is 2.17. The van der Waals surface area contributed by atoms with Gasteiger partial charge in [0.2, 0.25) is 15.6 Å². The molecule has 0 unspecified atom stereocenters. The molecule has 2 aromatic rings. The number of fused-ring (bicyclic) bond motifs is 1. The normalized spacial score (nSPS) is 11.8. The number of nitrogens with one attached hydrogen (secondary N) is 1. The van der Waals surface area contributed by atoms with Crippen LogP contribution in [-0.4, -0.2) is 13.4 Å². The summed E-state index contributed by atoms with van der Waals surface area (Å²) in [5.41, 5.74) is -0.119. The first kappa shape index (κ1) is 9.88. The Bertz CT molecular complexity index is 673. The Morgan fingerprint density at radius 3 is 2.53 bits per heavy atom. The smallest absolute Gasteiger partial charge is 0.248 e. The molecule has 3 N–H and O–H groups in total. The molecule has 0 bridgehead atoms. The maximum atomic E-state index is 11.2.